The van der Waals surface area contributed by atoms with E-state index >= 15 is 0 Å². The van der Waals surface area contributed by atoms with E-state index in [1.165, 1.54) is 0 Å². The number of ether oxygens (including phenoxy) is 2. The van der Waals surface area contributed by atoms with Crippen LogP contribution in [0.2, 0.25) is 0 Å². The molecule has 0 saturated heterocycles. The number of rotatable bonds is 3. The largest absolute Gasteiger partial charge is 0.471 e. The normalized spacial score (nSPS) is 29.0. The second-order valence-electron chi connectivity index (χ2n) is 3.87. The van der Waals surface area contributed by atoms with Crippen LogP contribution in [0, 0.1) is 5.92 Å². The Kier molecular flexibility index (Phi) is 3.15. The number of hydrogen-bond acceptors (Lipinski definition) is 2. The molecule has 0 radical (unpaired) electrons. The fourth-order valence-corrected chi connectivity index (χ4v) is 1.11. The van der Waals surface area contributed by atoms with E-state index in [4.69, 9.17) is 9.47 Å². The fourth-order valence-electron chi connectivity index (χ4n) is 1.11. The lowest BCUT2D eigenvalue weighted by molar-refractivity contribution is -0.208. The van der Waals surface area contributed by atoms with Gasteiger partial charge in [0.2, 0.25) is 5.79 Å². The Morgan fingerprint density at radius 2 is 2.33 bits per heavy atom. The SMILES string of the molecule is CC(C)COC1(C)CCC=CO1. The van der Waals surface area contributed by atoms with Crippen LogP contribution in [0.3, 0.4) is 0 Å². The zero-order valence-corrected chi connectivity index (χ0v) is 8.17. The summed E-state index contributed by atoms with van der Waals surface area (Å²) >= 11 is 0. The lowest BCUT2D eigenvalue weighted by atomic mass is 10.1. The molecular formula is C10H18O2. The standard InChI is InChI=1S/C10H18O2/c1-9(2)8-12-10(3)6-4-5-7-11-10/h5,7,9H,4,6,8H2,1-3H3. The lowest BCUT2D eigenvalue weighted by Crippen LogP contribution is -2.33. The van der Waals surface area contributed by atoms with Gasteiger partial charge in [0.25, 0.3) is 0 Å². The first-order valence-electron chi connectivity index (χ1n) is 4.59. The van der Waals surface area contributed by atoms with Gasteiger partial charge in [0.15, 0.2) is 0 Å². The van der Waals surface area contributed by atoms with Gasteiger partial charge >= 0.3 is 0 Å². The molecule has 0 saturated carbocycles. The van der Waals surface area contributed by atoms with Crippen molar-refractivity contribution in [1.29, 1.82) is 0 Å². The molecule has 2 nitrogen and oxygen atoms in total. The molecule has 70 valence electrons. The van der Waals surface area contributed by atoms with Crippen molar-refractivity contribution in [3.05, 3.63) is 12.3 Å². The third-order valence-corrected chi connectivity index (χ3v) is 1.90. The quantitative estimate of drug-likeness (QED) is 0.648. The molecule has 0 aromatic heterocycles. The highest BCUT2D eigenvalue weighted by atomic mass is 16.7. The van der Waals surface area contributed by atoms with Crippen molar-refractivity contribution in [2.75, 3.05) is 6.61 Å². The van der Waals surface area contributed by atoms with Gasteiger partial charge < -0.3 is 9.47 Å². The van der Waals surface area contributed by atoms with E-state index in [1.807, 2.05) is 13.0 Å². The van der Waals surface area contributed by atoms with Crippen LogP contribution in [0.15, 0.2) is 12.3 Å². The number of allylic oxidation sites excluding steroid dienone is 1. The molecule has 0 bridgehead atoms. The molecular weight excluding hydrogens is 152 g/mol. The Balaban J connectivity index is 2.33. The minimum Gasteiger partial charge on any atom is -0.471 e. The van der Waals surface area contributed by atoms with E-state index in [2.05, 4.69) is 13.8 Å². The highest BCUT2D eigenvalue weighted by molar-refractivity contribution is 4.84. The summed E-state index contributed by atoms with van der Waals surface area (Å²) in [5.41, 5.74) is 0. The summed E-state index contributed by atoms with van der Waals surface area (Å²) in [5, 5.41) is 0. The lowest BCUT2D eigenvalue weighted by Gasteiger charge is -2.31. The monoisotopic (exact) mass is 170 g/mol. The average Bonchev–Trinajstić information content (AvgIpc) is 2.03. The Labute approximate surface area is 74.6 Å². The molecule has 2 heteroatoms. The van der Waals surface area contributed by atoms with Crippen LogP contribution in [-0.2, 0) is 9.47 Å². The van der Waals surface area contributed by atoms with Crippen molar-refractivity contribution < 1.29 is 9.47 Å². The molecule has 1 atom stereocenters. The third kappa shape index (κ3) is 2.86. The minimum atomic E-state index is -0.376. The second-order valence-corrected chi connectivity index (χ2v) is 3.87. The van der Waals surface area contributed by atoms with Crippen LogP contribution >= 0.6 is 0 Å². The molecule has 0 fully saturated rings. The molecule has 1 heterocycles. The first kappa shape index (κ1) is 9.59. The van der Waals surface area contributed by atoms with Gasteiger partial charge in [-0.2, -0.15) is 0 Å². The molecule has 0 aromatic carbocycles. The Hall–Kier alpha value is -0.500. The summed E-state index contributed by atoms with van der Waals surface area (Å²) in [6.07, 6.45) is 5.77. The molecule has 1 rings (SSSR count). The van der Waals surface area contributed by atoms with Gasteiger partial charge in [0.1, 0.15) is 0 Å². The first-order chi connectivity index (χ1) is 5.62. The van der Waals surface area contributed by atoms with Crippen LogP contribution in [-0.4, -0.2) is 12.4 Å². The summed E-state index contributed by atoms with van der Waals surface area (Å²) in [7, 11) is 0. The molecule has 1 aliphatic heterocycles. The van der Waals surface area contributed by atoms with Crippen molar-refractivity contribution in [3.8, 4) is 0 Å². The summed E-state index contributed by atoms with van der Waals surface area (Å²) < 4.78 is 11.1. The molecule has 0 amide bonds. The van der Waals surface area contributed by atoms with Crippen molar-refractivity contribution in [1.82, 2.24) is 0 Å². The topological polar surface area (TPSA) is 18.5 Å². The first-order valence-corrected chi connectivity index (χ1v) is 4.59. The number of hydrogen-bond donors (Lipinski definition) is 0. The van der Waals surface area contributed by atoms with Crippen LogP contribution < -0.4 is 0 Å². The third-order valence-electron chi connectivity index (χ3n) is 1.90. The predicted octanol–water partition coefficient (Wildman–Crippen LogP) is 2.70. The van der Waals surface area contributed by atoms with Crippen molar-refractivity contribution in [3.63, 3.8) is 0 Å². The van der Waals surface area contributed by atoms with Gasteiger partial charge in [-0.05, 0) is 18.4 Å². The van der Waals surface area contributed by atoms with Crippen molar-refractivity contribution >= 4 is 0 Å². The van der Waals surface area contributed by atoms with E-state index in [0.717, 1.165) is 19.4 Å². The zero-order valence-electron chi connectivity index (χ0n) is 8.17. The summed E-state index contributed by atoms with van der Waals surface area (Å²) in [5.74, 6) is 0.190. The van der Waals surface area contributed by atoms with E-state index in [0.29, 0.717) is 5.92 Å². The van der Waals surface area contributed by atoms with E-state index in [9.17, 15) is 0 Å². The molecule has 0 N–H and O–H groups in total. The molecule has 1 aliphatic rings. The van der Waals surface area contributed by atoms with E-state index < -0.39 is 0 Å². The molecule has 0 aromatic rings. The van der Waals surface area contributed by atoms with Crippen molar-refractivity contribution in [2.24, 2.45) is 5.92 Å². The molecule has 1 unspecified atom stereocenters. The highest BCUT2D eigenvalue weighted by Crippen LogP contribution is 2.24. The molecule has 12 heavy (non-hydrogen) atoms. The van der Waals surface area contributed by atoms with Gasteiger partial charge in [-0.15, -0.1) is 0 Å². The molecule has 0 aliphatic carbocycles. The van der Waals surface area contributed by atoms with E-state index in [1.54, 1.807) is 6.26 Å². The smallest absolute Gasteiger partial charge is 0.207 e. The maximum atomic E-state index is 5.66. The minimum absolute atomic E-state index is 0.376. The Morgan fingerprint density at radius 1 is 1.58 bits per heavy atom. The van der Waals surface area contributed by atoms with Gasteiger partial charge in [0.05, 0.1) is 12.9 Å². The summed E-state index contributed by atoms with van der Waals surface area (Å²) in [6, 6.07) is 0. The maximum absolute atomic E-state index is 5.66. The average molecular weight is 170 g/mol. The summed E-state index contributed by atoms with van der Waals surface area (Å²) in [6.45, 7) is 7.05. The summed E-state index contributed by atoms with van der Waals surface area (Å²) in [4.78, 5) is 0. The maximum Gasteiger partial charge on any atom is 0.207 e. The second kappa shape index (κ2) is 3.94. The molecule has 0 spiro atoms. The van der Waals surface area contributed by atoms with E-state index in [-0.39, 0.29) is 5.79 Å². The van der Waals surface area contributed by atoms with Crippen molar-refractivity contribution in [2.45, 2.75) is 39.4 Å². The van der Waals surface area contributed by atoms with Crippen LogP contribution in [0.1, 0.15) is 33.6 Å². The van der Waals surface area contributed by atoms with Gasteiger partial charge in [-0.1, -0.05) is 13.8 Å². The van der Waals surface area contributed by atoms with Crippen LogP contribution in [0.4, 0.5) is 0 Å². The fraction of sp³-hybridized carbons (Fsp3) is 0.800. The highest BCUT2D eigenvalue weighted by Gasteiger charge is 2.27. The van der Waals surface area contributed by atoms with Gasteiger partial charge in [0, 0.05) is 13.3 Å². The zero-order chi connectivity index (χ0) is 9.03. The van der Waals surface area contributed by atoms with Gasteiger partial charge in [-0.3, -0.25) is 0 Å². The van der Waals surface area contributed by atoms with Crippen LogP contribution in [0.5, 0.6) is 0 Å². The van der Waals surface area contributed by atoms with Gasteiger partial charge in [-0.25, -0.2) is 0 Å². The van der Waals surface area contributed by atoms with Crippen LogP contribution in [0.25, 0.3) is 0 Å². The Bertz CT molecular complexity index is 163. The predicted molar refractivity (Wildman–Crippen MR) is 48.7 cm³/mol. The Morgan fingerprint density at radius 3 is 2.83 bits per heavy atom.